The Morgan fingerprint density at radius 2 is 1.21 bits per heavy atom. The molecule has 0 radical (unpaired) electrons. The third-order valence-electron chi connectivity index (χ3n) is 3.19. The van der Waals surface area contributed by atoms with Crippen LogP contribution in [-0.4, -0.2) is 17.7 Å². The molecule has 0 aliphatic carbocycles. The molecule has 124 valence electrons. The number of carbonyl (C=O) groups excluding carboxylic acids is 3. The van der Waals surface area contributed by atoms with Gasteiger partial charge in [-0.15, -0.1) is 0 Å². The van der Waals surface area contributed by atoms with Crippen LogP contribution in [-0.2, 0) is 20.8 Å². The Kier molecular flexibility index (Phi) is 6.52. The lowest BCUT2D eigenvalue weighted by molar-refractivity contribution is -0.129. The molecule has 0 spiro atoms. The highest BCUT2D eigenvalue weighted by Gasteiger charge is 2.09. The lowest BCUT2D eigenvalue weighted by Crippen LogP contribution is -2.42. The number of para-hydroxylation sites is 1. The molecule has 2 aromatic rings. The van der Waals surface area contributed by atoms with Crippen LogP contribution in [0.15, 0.2) is 60.7 Å². The summed E-state index contributed by atoms with van der Waals surface area (Å²) in [5.41, 5.74) is 6.17. The summed E-state index contributed by atoms with van der Waals surface area (Å²) in [6.45, 7) is 0. The number of hydrogen-bond donors (Lipinski definition) is 3. The first-order chi connectivity index (χ1) is 11.6. The molecule has 0 aliphatic rings. The second kappa shape index (κ2) is 9.09. The van der Waals surface area contributed by atoms with Crippen LogP contribution in [0.2, 0.25) is 0 Å². The van der Waals surface area contributed by atoms with Crippen LogP contribution < -0.4 is 16.2 Å². The first-order valence-corrected chi connectivity index (χ1v) is 7.60. The van der Waals surface area contributed by atoms with Crippen LogP contribution in [0.25, 0.3) is 0 Å². The molecule has 0 aromatic heterocycles. The summed E-state index contributed by atoms with van der Waals surface area (Å²) in [6, 6.07) is 18.2. The summed E-state index contributed by atoms with van der Waals surface area (Å²) in [7, 11) is 0. The lowest BCUT2D eigenvalue weighted by atomic mass is 10.1. The standard InChI is InChI=1S/C18H19N3O3/c22-16(19-15-9-5-2-6-10-15)11-12-17(23)20-21-18(24)13-14-7-3-1-4-8-14/h1-10H,11-13H2,(H,19,22)(H,20,23)(H,21,24). The third kappa shape index (κ3) is 6.31. The van der Waals surface area contributed by atoms with Crippen molar-refractivity contribution < 1.29 is 14.4 Å². The molecule has 0 fully saturated rings. The van der Waals surface area contributed by atoms with E-state index in [0.717, 1.165) is 5.56 Å². The Morgan fingerprint density at radius 3 is 1.88 bits per heavy atom. The molecular weight excluding hydrogens is 306 g/mol. The van der Waals surface area contributed by atoms with Crippen molar-refractivity contribution in [3.8, 4) is 0 Å². The van der Waals surface area contributed by atoms with Gasteiger partial charge in [0, 0.05) is 18.5 Å². The Morgan fingerprint density at radius 1 is 0.667 bits per heavy atom. The highest BCUT2D eigenvalue weighted by atomic mass is 16.2. The smallest absolute Gasteiger partial charge is 0.242 e. The van der Waals surface area contributed by atoms with Crippen molar-refractivity contribution in [2.75, 3.05) is 5.32 Å². The van der Waals surface area contributed by atoms with E-state index in [1.54, 1.807) is 12.1 Å². The first-order valence-electron chi connectivity index (χ1n) is 7.60. The minimum Gasteiger partial charge on any atom is -0.326 e. The fraction of sp³-hybridized carbons (Fsp3) is 0.167. The van der Waals surface area contributed by atoms with E-state index in [9.17, 15) is 14.4 Å². The Labute approximate surface area is 140 Å². The number of hydrogen-bond acceptors (Lipinski definition) is 3. The molecular formula is C18H19N3O3. The average molecular weight is 325 g/mol. The normalized spacial score (nSPS) is 9.83. The number of hydrazine groups is 1. The van der Waals surface area contributed by atoms with E-state index in [-0.39, 0.29) is 31.1 Å². The molecule has 0 heterocycles. The third-order valence-corrected chi connectivity index (χ3v) is 3.19. The molecule has 0 saturated carbocycles. The molecule has 2 aromatic carbocycles. The van der Waals surface area contributed by atoms with Gasteiger partial charge in [0.25, 0.3) is 0 Å². The monoisotopic (exact) mass is 325 g/mol. The van der Waals surface area contributed by atoms with Crippen LogP contribution in [0.5, 0.6) is 0 Å². The van der Waals surface area contributed by atoms with Gasteiger partial charge in [-0.1, -0.05) is 48.5 Å². The van der Waals surface area contributed by atoms with Gasteiger partial charge in [-0.25, -0.2) is 0 Å². The Bertz CT molecular complexity index is 628. The van der Waals surface area contributed by atoms with E-state index < -0.39 is 5.91 Å². The fourth-order valence-electron chi connectivity index (χ4n) is 2.00. The molecule has 0 aliphatic heterocycles. The molecule has 6 nitrogen and oxygen atoms in total. The summed E-state index contributed by atoms with van der Waals surface area (Å²) < 4.78 is 0. The zero-order chi connectivity index (χ0) is 17.2. The van der Waals surface area contributed by atoms with Crippen molar-refractivity contribution in [3.05, 3.63) is 66.2 Å². The van der Waals surface area contributed by atoms with Crippen LogP contribution in [0.3, 0.4) is 0 Å². The van der Waals surface area contributed by atoms with Gasteiger partial charge >= 0.3 is 0 Å². The van der Waals surface area contributed by atoms with Crippen LogP contribution >= 0.6 is 0 Å². The maximum atomic E-state index is 11.7. The van der Waals surface area contributed by atoms with E-state index in [1.807, 2.05) is 48.5 Å². The number of rotatable bonds is 6. The van der Waals surface area contributed by atoms with Crippen molar-refractivity contribution in [3.63, 3.8) is 0 Å². The van der Waals surface area contributed by atoms with E-state index in [2.05, 4.69) is 16.2 Å². The summed E-state index contributed by atoms with van der Waals surface area (Å²) in [5, 5.41) is 2.69. The minimum atomic E-state index is -0.417. The largest absolute Gasteiger partial charge is 0.326 e. The lowest BCUT2D eigenvalue weighted by Gasteiger charge is -2.08. The first kappa shape index (κ1) is 17.2. The summed E-state index contributed by atoms with van der Waals surface area (Å²) >= 11 is 0. The Balaban J connectivity index is 1.64. The van der Waals surface area contributed by atoms with Gasteiger partial charge in [-0.3, -0.25) is 25.2 Å². The second-order valence-electron chi connectivity index (χ2n) is 5.17. The maximum absolute atomic E-state index is 11.7. The van der Waals surface area contributed by atoms with E-state index in [4.69, 9.17) is 0 Å². The molecule has 6 heteroatoms. The van der Waals surface area contributed by atoms with Crippen molar-refractivity contribution >= 4 is 23.4 Å². The quantitative estimate of drug-likeness (QED) is 0.708. The fourth-order valence-corrected chi connectivity index (χ4v) is 2.00. The second-order valence-corrected chi connectivity index (χ2v) is 5.17. The van der Waals surface area contributed by atoms with Crippen molar-refractivity contribution in [2.24, 2.45) is 0 Å². The highest BCUT2D eigenvalue weighted by molar-refractivity contribution is 5.93. The molecule has 2 rings (SSSR count). The Hall–Kier alpha value is -3.15. The molecule has 3 amide bonds. The SMILES string of the molecule is O=C(CCC(=O)Nc1ccccc1)NNC(=O)Cc1ccccc1. The predicted octanol–water partition coefficient (Wildman–Crippen LogP) is 1.80. The van der Waals surface area contributed by atoms with Gasteiger partial charge in [0.15, 0.2) is 0 Å². The minimum absolute atomic E-state index is 0.00964. The number of anilines is 1. The van der Waals surface area contributed by atoms with Gasteiger partial charge in [0.1, 0.15) is 0 Å². The van der Waals surface area contributed by atoms with E-state index in [0.29, 0.717) is 5.69 Å². The van der Waals surface area contributed by atoms with Crippen molar-refractivity contribution in [2.45, 2.75) is 19.3 Å². The van der Waals surface area contributed by atoms with Crippen LogP contribution in [0, 0.1) is 0 Å². The molecule has 0 unspecified atom stereocenters. The van der Waals surface area contributed by atoms with Crippen molar-refractivity contribution in [1.82, 2.24) is 10.9 Å². The highest BCUT2D eigenvalue weighted by Crippen LogP contribution is 2.06. The molecule has 0 saturated heterocycles. The number of carbonyl (C=O) groups is 3. The molecule has 3 N–H and O–H groups in total. The number of nitrogens with one attached hydrogen (secondary N) is 3. The van der Waals surface area contributed by atoms with Crippen LogP contribution in [0.1, 0.15) is 18.4 Å². The van der Waals surface area contributed by atoms with Gasteiger partial charge < -0.3 is 5.32 Å². The maximum Gasteiger partial charge on any atom is 0.242 e. The van der Waals surface area contributed by atoms with E-state index in [1.165, 1.54) is 0 Å². The zero-order valence-electron chi connectivity index (χ0n) is 13.1. The topological polar surface area (TPSA) is 87.3 Å². The van der Waals surface area contributed by atoms with Crippen molar-refractivity contribution in [1.29, 1.82) is 0 Å². The van der Waals surface area contributed by atoms with Gasteiger partial charge in [0.05, 0.1) is 6.42 Å². The van der Waals surface area contributed by atoms with E-state index >= 15 is 0 Å². The van der Waals surface area contributed by atoms with Gasteiger partial charge in [-0.2, -0.15) is 0 Å². The zero-order valence-corrected chi connectivity index (χ0v) is 13.1. The molecule has 0 bridgehead atoms. The number of benzene rings is 2. The van der Waals surface area contributed by atoms with Gasteiger partial charge in [-0.05, 0) is 17.7 Å². The predicted molar refractivity (Wildman–Crippen MR) is 90.7 cm³/mol. The summed E-state index contributed by atoms with van der Waals surface area (Å²) in [5.74, 6) is -0.991. The molecule has 24 heavy (non-hydrogen) atoms. The average Bonchev–Trinajstić information content (AvgIpc) is 2.60. The number of amides is 3. The summed E-state index contributed by atoms with van der Waals surface area (Å²) in [4.78, 5) is 35.1. The summed E-state index contributed by atoms with van der Waals surface area (Å²) in [6.07, 6.45) is 0.204. The molecule has 0 atom stereocenters. The van der Waals surface area contributed by atoms with Gasteiger partial charge in [0.2, 0.25) is 17.7 Å². The van der Waals surface area contributed by atoms with Crippen LogP contribution in [0.4, 0.5) is 5.69 Å².